The highest BCUT2D eigenvalue weighted by Crippen LogP contribution is 2.08. The van der Waals surface area contributed by atoms with Gasteiger partial charge in [0.05, 0.1) is 5.69 Å². The van der Waals surface area contributed by atoms with Gasteiger partial charge < -0.3 is 5.21 Å². The fourth-order valence-corrected chi connectivity index (χ4v) is 1.24. The summed E-state index contributed by atoms with van der Waals surface area (Å²) >= 11 is 0. The summed E-state index contributed by atoms with van der Waals surface area (Å²) in [4.78, 5) is 3.86. The average Bonchev–Trinajstić information content (AvgIpc) is 2.71. The molecule has 0 unspecified atom stereocenters. The van der Waals surface area contributed by atoms with E-state index in [1.54, 1.807) is 11.0 Å². The molecule has 2 aromatic rings. The van der Waals surface area contributed by atoms with Gasteiger partial charge in [0.1, 0.15) is 12.7 Å². The molecule has 1 aromatic heterocycles. The van der Waals surface area contributed by atoms with Gasteiger partial charge in [-0.15, -0.1) is 0 Å². The minimum atomic E-state index is 0.419. The first kappa shape index (κ1) is 8.86. The summed E-state index contributed by atoms with van der Waals surface area (Å²) in [5.74, 6) is 0. The van der Waals surface area contributed by atoms with Crippen molar-refractivity contribution in [3.8, 4) is 5.69 Å². The Kier molecular flexibility index (Phi) is 2.53. The van der Waals surface area contributed by atoms with Crippen LogP contribution in [-0.2, 0) is 6.54 Å². The van der Waals surface area contributed by atoms with Gasteiger partial charge in [-0.3, -0.25) is 0 Å². The van der Waals surface area contributed by atoms with Crippen LogP contribution in [0.4, 0.5) is 0 Å². The fraction of sp³-hybridized carbons (Fsp3) is 0.111. The minimum absolute atomic E-state index is 0.419. The molecule has 0 radical (unpaired) electrons. The lowest BCUT2D eigenvalue weighted by Crippen LogP contribution is -2.06. The van der Waals surface area contributed by atoms with Gasteiger partial charge in [-0.05, 0) is 17.7 Å². The highest BCUT2D eigenvalue weighted by molar-refractivity contribution is 5.34. The minimum Gasteiger partial charge on any atom is -0.316 e. The first-order valence-corrected chi connectivity index (χ1v) is 4.21. The molecule has 14 heavy (non-hydrogen) atoms. The van der Waals surface area contributed by atoms with E-state index in [2.05, 4.69) is 15.6 Å². The molecule has 0 aliphatic heterocycles. The third kappa shape index (κ3) is 1.78. The summed E-state index contributed by atoms with van der Waals surface area (Å²) < 4.78 is 1.67. The van der Waals surface area contributed by atoms with Crippen LogP contribution in [-0.4, -0.2) is 20.0 Å². The summed E-state index contributed by atoms with van der Waals surface area (Å²) in [6.45, 7) is 0.419. The van der Waals surface area contributed by atoms with E-state index in [0.29, 0.717) is 6.54 Å². The van der Waals surface area contributed by atoms with E-state index >= 15 is 0 Å². The third-order valence-corrected chi connectivity index (χ3v) is 1.88. The second-order valence-corrected chi connectivity index (χ2v) is 2.84. The normalized spacial score (nSPS) is 10.4. The predicted molar refractivity (Wildman–Crippen MR) is 50.0 cm³/mol. The highest BCUT2D eigenvalue weighted by Gasteiger charge is 1.97. The van der Waals surface area contributed by atoms with Crippen LogP contribution < -0.4 is 5.48 Å². The van der Waals surface area contributed by atoms with Crippen molar-refractivity contribution in [1.82, 2.24) is 20.2 Å². The summed E-state index contributed by atoms with van der Waals surface area (Å²) in [5, 5.41) is 12.6. The van der Waals surface area contributed by atoms with Crippen molar-refractivity contribution < 1.29 is 5.21 Å². The molecule has 5 nitrogen and oxygen atoms in total. The van der Waals surface area contributed by atoms with Crippen LogP contribution in [0.15, 0.2) is 36.9 Å². The lowest BCUT2D eigenvalue weighted by atomic mass is 10.2. The molecule has 0 saturated heterocycles. The number of hydrogen-bond donors (Lipinski definition) is 2. The first-order valence-electron chi connectivity index (χ1n) is 4.21. The quantitative estimate of drug-likeness (QED) is 0.701. The molecule has 0 aliphatic rings. The van der Waals surface area contributed by atoms with Gasteiger partial charge >= 0.3 is 0 Å². The smallest absolute Gasteiger partial charge is 0.138 e. The van der Waals surface area contributed by atoms with E-state index in [4.69, 9.17) is 5.21 Å². The van der Waals surface area contributed by atoms with Crippen LogP contribution in [0.5, 0.6) is 0 Å². The van der Waals surface area contributed by atoms with Crippen molar-refractivity contribution in [3.05, 3.63) is 42.5 Å². The molecule has 0 spiro atoms. The summed E-state index contributed by atoms with van der Waals surface area (Å²) in [6.07, 6.45) is 3.11. The van der Waals surface area contributed by atoms with Gasteiger partial charge in [-0.1, -0.05) is 12.1 Å². The fourth-order valence-electron chi connectivity index (χ4n) is 1.24. The Morgan fingerprint density at radius 1 is 1.43 bits per heavy atom. The lowest BCUT2D eigenvalue weighted by molar-refractivity contribution is 0.161. The number of benzene rings is 1. The summed E-state index contributed by atoms with van der Waals surface area (Å²) in [6, 6.07) is 7.68. The van der Waals surface area contributed by atoms with Crippen molar-refractivity contribution >= 4 is 0 Å². The second kappa shape index (κ2) is 3.99. The Hall–Kier alpha value is -1.72. The molecule has 0 bridgehead atoms. The molecule has 0 amide bonds. The number of hydrogen-bond acceptors (Lipinski definition) is 4. The maximum absolute atomic E-state index is 8.56. The molecule has 1 heterocycles. The van der Waals surface area contributed by atoms with Crippen LogP contribution in [0.1, 0.15) is 5.56 Å². The molecule has 0 aliphatic carbocycles. The zero-order valence-electron chi connectivity index (χ0n) is 7.46. The Morgan fingerprint density at radius 2 is 2.36 bits per heavy atom. The Morgan fingerprint density at radius 3 is 3.07 bits per heavy atom. The van der Waals surface area contributed by atoms with Crippen LogP contribution in [0.25, 0.3) is 5.69 Å². The van der Waals surface area contributed by atoms with Gasteiger partial charge in [0.2, 0.25) is 0 Å². The molecule has 1 aromatic carbocycles. The Labute approximate surface area is 81.0 Å². The van der Waals surface area contributed by atoms with E-state index in [-0.39, 0.29) is 0 Å². The number of nitrogens with one attached hydrogen (secondary N) is 1. The highest BCUT2D eigenvalue weighted by atomic mass is 16.5. The van der Waals surface area contributed by atoms with Gasteiger partial charge in [0.15, 0.2) is 0 Å². The zero-order chi connectivity index (χ0) is 9.80. The van der Waals surface area contributed by atoms with Crippen LogP contribution >= 0.6 is 0 Å². The SMILES string of the molecule is ONCc1cccc(-n2cncn2)c1. The van der Waals surface area contributed by atoms with Crippen molar-refractivity contribution in [2.75, 3.05) is 0 Å². The van der Waals surface area contributed by atoms with Crippen LogP contribution in [0.2, 0.25) is 0 Å². The topological polar surface area (TPSA) is 63.0 Å². The average molecular weight is 190 g/mol. The molecular formula is C9H10N4O. The molecule has 0 atom stereocenters. The molecular weight excluding hydrogens is 180 g/mol. The van der Waals surface area contributed by atoms with Crippen molar-refractivity contribution in [3.63, 3.8) is 0 Å². The van der Waals surface area contributed by atoms with E-state index in [1.807, 2.05) is 24.3 Å². The van der Waals surface area contributed by atoms with Gasteiger partial charge in [0.25, 0.3) is 0 Å². The number of rotatable bonds is 3. The maximum Gasteiger partial charge on any atom is 0.138 e. The third-order valence-electron chi connectivity index (χ3n) is 1.88. The molecule has 0 saturated carbocycles. The molecule has 72 valence electrons. The van der Waals surface area contributed by atoms with Crippen LogP contribution in [0.3, 0.4) is 0 Å². The van der Waals surface area contributed by atoms with Gasteiger partial charge in [0, 0.05) is 6.54 Å². The molecule has 2 N–H and O–H groups in total. The Bertz CT molecular complexity index is 399. The molecule has 5 heteroatoms. The molecule has 2 rings (SSSR count). The monoisotopic (exact) mass is 190 g/mol. The van der Waals surface area contributed by atoms with E-state index in [1.165, 1.54) is 6.33 Å². The number of hydroxylamine groups is 1. The van der Waals surface area contributed by atoms with E-state index < -0.39 is 0 Å². The van der Waals surface area contributed by atoms with Gasteiger partial charge in [-0.25, -0.2) is 15.1 Å². The number of aromatic nitrogens is 3. The first-order chi connectivity index (χ1) is 6.90. The second-order valence-electron chi connectivity index (χ2n) is 2.84. The zero-order valence-corrected chi connectivity index (χ0v) is 7.46. The van der Waals surface area contributed by atoms with Crippen LogP contribution in [0, 0.1) is 0 Å². The van der Waals surface area contributed by atoms with Crippen molar-refractivity contribution in [2.45, 2.75) is 6.54 Å². The van der Waals surface area contributed by atoms with E-state index in [0.717, 1.165) is 11.3 Å². The van der Waals surface area contributed by atoms with Gasteiger partial charge in [-0.2, -0.15) is 5.10 Å². The summed E-state index contributed by atoms with van der Waals surface area (Å²) in [7, 11) is 0. The largest absolute Gasteiger partial charge is 0.316 e. The number of nitrogens with zero attached hydrogens (tertiary/aromatic N) is 3. The Balaban J connectivity index is 2.31. The summed E-state index contributed by atoms with van der Waals surface area (Å²) in [5.41, 5.74) is 4.02. The lowest BCUT2D eigenvalue weighted by Gasteiger charge is -2.03. The molecule has 0 fully saturated rings. The van der Waals surface area contributed by atoms with E-state index in [9.17, 15) is 0 Å². The predicted octanol–water partition coefficient (Wildman–Crippen LogP) is 0.746. The van der Waals surface area contributed by atoms with Crippen molar-refractivity contribution in [2.24, 2.45) is 0 Å². The maximum atomic E-state index is 8.56. The standard InChI is InChI=1S/C9H10N4O/c14-12-5-8-2-1-3-9(4-8)13-7-10-6-11-13/h1-4,6-7,12,14H,5H2. The van der Waals surface area contributed by atoms with Crippen molar-refractivity contribution in [1.29, 1.82) is 0 Å².